The third-order valence-electron chi connectivity index (χ3n) is 2.80. The van der Waals surface area contributed by atoms with Crippen LogP contribution in [0.25, 0.3) is 0 Å². The molecule has 1 heterocycles. The van der Waals surface area contributed by atoms with E-state index >= 15 is 21.0 Å². The van der Waals surface area contributed by atoms with Gasteiger partial charge in [-0.15, -0.1) is 26.5 Å². The van der Waals surface area contributed by atoms with Crippen molar-refractivity contribution in [3.8, 4) is 0 Å². The van der Waals surface area contributed by atoms with Crippen LogP contribution in [0.1, 0.15) is 55.4 Å². The lowest BCUT2D eigenvalue weighted by atomic mass is 10.5. The van der Waals surface area contributed by atoms with E-state index in [-0.39, 0.29) is 0 Å². The summed E-state index contributed by atoms with van der Waals surface area (Å²) in [6.07, 6.45) is -4.55. The standard InChI is InChI=1S/C13H31F7N6O4P6/c1-10(2)27-33(17)22-31(9,14)21-32(15,16)23-34(18,28-11(3)4)25-36(20,30-13(7)8)26-35(19,24-33)29-12(5)6/h10-13H,1-9H3. The minimum atomic E-state index is -6.35. The highest BCUT2D eigenvalue weighted by atomic mass is 31.3. The van der Waals surface area contributed by atoms with Crippen LogP contribution in [0.3, 0.4) is 0 Å². The molecule has 0 saturated carbocycles. The topological polar surface area (TPSA) is 111 Å². The summed E-state index contributed by atoms with van der Waals surface area (Å²) in [4.78, 5) is 0. The van der Waals surface area contributed by atoms with Crippen LogP contribution in [-0.4, -0.2) is 31.1 Å². The zero-order valence-electron chi connectivity index (χ0n) is 21.0. The van der Waals surface area contributed by atoms with E-state index in [4.69, 9.17) is 18.1 Å². The average molecular weight is 654 g/mol. The van der Waals surface area contributed by atoms with Crippen LogP contribution >= 0.6 is 46.3 Å². The maximum atomic E-state index is 16.0. The van der Waals surface area contributed by atoms with Crippen LogP contribution in [0.2, 0.25) is 0 Å². The van der Waals surface area contributed by atoms with Crippen LogP contribution in [-0.2, 0) is 18.1 Å². The highest BCUT2D eigenvalue weighted by molar-refractivity contribution is 7.79. The summed E-state index contributed by atoms with van der Waals surface area (Å²) in [5, 5.41) is 0. The summed E-state index contributed by atoms with van der Waals surface area (Å²) in [5.74, 6) is 0. The molecule has 1 aliphatic heterocycles. The second-order valence-corrected chi connectivity index (χ2v) is 19.8. The Morgan fingerprint density at radius 1 is 0.417 bits per heavy atom. The van der Waals surface area contributed by atoms with Gasteiger partial charge in [0, 0.05) is 6.66 Å². The van der Waals surface area contributed by atoms with Gasteiger partial charge in [-0.25, -0.2) is 0 Å². The van der Waals surface area contributed by atoms with Crippen molar-refractivity contribution in [1.82, 2.24) is 0 Å². The number of rotatable bonds is 8. The molecule has 0 amide bonds. The van der Waals surface area contributed by atoms with Gasteiger partial charge in [-0.1, -0.05) is 0 Å². The van der Waals surface area contributed by atoms with Crippen molar-refractivity contribution in [2.45, 2.75) is 79.8 Å². The monoisotopic (exact) mass is 654 g/mol. The van der Waals surface area contributed by atoms with Gasteiger partial charge in [-0.05, 0) is 55.4 Å². The van der Waals surface area contributed by atoms with Crippen LogP contribution in [0.5, 0.6) is 0 Å². The van der Waals surface area contributed by atoms with Crippen LogP contribution in [0.15, 0.2) is 27.1 Å². The van der Waals surface area contributed by atoms with Crippen molar-refractivity contribution in [3.63, 3.8) is 0 Å². The van der Waals surface area contributed by atoms with Gasteiger partial charge in [-0.2, -0.15) is 30.0 Å². The molecular formula is C13H31F7N6O4P6. The fourth-order valence-electron chi connectivity index (χ4n) is 2.29. The first kappa shape index (κ1) is 34.8. The molecule has 1 rings (SSSR count). The van der Waals surface area contributed by atoms with Gasteiger partial charge < -0.3 is 18.1 Å². The Hall–Kier alpha value is 0.730. The van der Waals surface area contributed by atoms with Crippen molar-refractivity contribution >= 4 is 46.3 Å². The second kappa shape index (κ2) is 12.5. The Morgan fingerprint density at radius 3 is 0.944 bits per heavy atom. The number of hydrogen-bond donors (Lipinski definition) is 0. The van der Waals surface area contributed by atoms with Gasteiger partial charge in [0.1, 0.15) is 0 Å². The molecule has 0 aromatic carbocycles. The number of nitrogens with zero attached hydrogens (tertiary/aromatic N) is 6. The minimum Gasteiger partial charge on any atom is -0.300 e. The Balaban J connectivity index is 4.46. The molecule has 5 atom stereocenters. The molecule has 10 nitrogen and oxygen atoms in total. The molecule has 36 heavy (non-hydrogen) atoms. The molecule has 0 bridgehead atoms. The van der Waals surface area contributed by atoms with E-state index in [0.29, 0.717) is 6.66 Å². The van der Waals surface area contributed by atoms with Gasteiger partial charge >= 0.3 is 38.8 Å². The zero-order valence-corrected chi connectivity index (χ0v) is 26.3. The van der Waals surface area contributed by atoms with E-state index in [1.54, 1.807) is 0 Å². The fraction of sp³-hybridized carbons (Fsp3) is 1.00. The highest BCUT2D eigenvalue weighted by Crippen LogP contribution is 2.82. The van der Waals surface area contributed by atoms with Gasteiger partial charge in [0.2, 0.25) is 7.52 Å². The average Bonchev–Trinajstić information content (AvgIpc) is 2.43. The third kappa shape index (κ3) is 12.3. The first-order valence-electron chi connectivity index (χ1n) is 10.3. The molecule has 0 aromatic rings. The van der Waals surface area contributed by atoms with Crippen LogP contribution in [0, 0.1) is 0 Å². The Labute approximate surface area is 207 Å². The smallest absolute Gasteiger partial charge is 0.300 e. The van der Waals surface area contributed by atoms with Crippen LogP contribution in [0.4, 0.5) is 29.4 Å². The van der Waals surface area contributed by atoms with Crippen molar-refractivity contribution in [2.75, 3.05) is 6.66 Å². The summed E-state index contributed by atoms with van der Waals surface area (Å²) in [6, 6.07) is 0. The molecule has 0 N–H and O–H groups in total. The number of hydrogen-bond acceptors (Lipinski definition) is 10. The van der Waals surface area contributed by atoms with E-state index in [1.807, 2.05) is 0 Å². The molecule has 23 heteroatoms. The molecule has 0 radical (unpaired) electrons. The van der Waals surface area contributed by atoms with E-state index in [0.717, 1.165) is 0 Å². The summed E-state index contributed by atoms with van der Waals surface area (Å²) in [5.41, 5.74) is 0. The van der Waals surface area contributed by atoms with Crippen molar-refractivity contribution in [1.29, 1.82) is 0 Å². The maximum absolute atomic E-state index is 16.0. The van der Waals surface area contributed by atoms with Gasteiger partial charge in [-0.3, -0.25) is 0 Å². The molecule has 0 aromatic heterocycles. The Morgan fingerprint density at radius 2 is 0.667 bits per heavy atom. The molecule has 0 fully saturated rings. The molecular weight excluding hydrogens is 623 g/mol. The van der Waals surface area contributed by atoms with E-state index < -0.39 is 70.7 Å². The minimum absolute atomic E-state index is 0.391. The lowest BCUT2D eigenvalue weighted by Gasteiger charge is -2.23. The molecule has 0 saturated heterocycles. The predicted molar refractivity (Wildman–Crippen MR) is 135 cm³/mol. The second-order valence-electron chi connectivity index (χ2n) is 8.31. The fourth-order valence-corrected chi connectivity index (χ4v) is 16.1. The highest BCUT2D eigenvalue weighted by Gasteiger charge is 2.41. The van der Waals surface area contributed by atoms with Gasteiger partial charge in [0.15, 0.2) is 0 Å². The van der Waals surface area contributed by atoms with Crippen molar-refractivity contribution in [3.05, 3.63) is 0 Å². The first-order valence-corrected chi connectivity index (χ1v) is 19.8. The van der Waals surface area contributed by atoms with Gasteiger partial charge in [0.25, 0.3) is 0 Å². The lowest BCUT2D eigenvalue weighted by molar-refractivity contribution is 0.238. The quantitative estimate of drug-likeness (QED) is 0.191. The first-order chi connectivity index (χ1) is 15.9. The van der Waals surface area contributed by atoms with E-state index in [2.05, 4.69) is 27.1 Å². The third-order valence-corrected chi connectivity index (χ3v) is 17.0. The summed E-state index contributed by atoms with van der Waals surface area (Å²) in [6.45, 7) is 10.3. The van der Waals surface area contributed by atoms with Crippen molar-refractivity contribution < 1.29 is 47.5 Å². The molecule has 5 unspecified atom stereocenters. The molecule has 216 valence electrons. The molecule has 0 aliphatic carbocycles. The van der Waals surface area contributed by atoms with Gasteiger partial charge in [0.05, 0.1) is 24.4 Å². The van der Waals surface area contributed by atoms with Crippen LogP contribution < -0.4 is 0 Å². The Kier molecular flexibility index (Phi) is 12.1. The predicted octanol–water partition coefficient (Wildman–Crippen LogP) is 12.9. The van der Waals surface area contributed by atoms with Crippen molar-refractivity contribution in [2.24, 2.45) is 27.1 Å². The SMILES string of the molecule is CC(C)OP1(F)=NP(C)(F)=NP(F)(F)=NP(F)(OC(C)C)=NP(F)(OC(C)C)=NP(F)(OC(C)C)=N1. The van der Waals surface area contributed by atoms with E-state index in [9.17, 15) is 8.39 Å². The summed E-state index contributed by atoms with van der Waals surface area (Å²) >= 11 is 0. The molecule has 1 aliphatic rings. The normalized spacial score (nSPS) is 37.7. The largest absolute Gasteiger partial charge is 0.423 e. The maximum Gasteiger partial charge on any atom is 0.423 e. The lowest BCUT2D eigenvalue weighted by Crippen LogP contribution is -2.01. The van der Waals surface area contributed by atoms with E-state index in [1.165, 1.54) is 55.4 Å². The summed E-state index contributed by atoms with van der Waals surface area (Å²) < 4.78 is 144. The number of halogens is 7. The summed E-state index contributed by atoms with van der Waals surface area (Å²) in [7, 11) is -34.0. The zero-order chi connectivity index (χ0) is 28.4. The molecule has 0 spiro atoms. The Bertz CT molecular complexity index is 1120.